The molecule has 1 aliphatic heterocycles. The van der Waals surface area contributed by atoms with E-state index >= 15 is 0 Å². The summed E-state index contributed by atoms with van der Waals surface area (Å²) < 4.78 is 18.5. The van der Waals surface area contributed by atoms with E-state index in [0.717, 1.165) is 43.7 Å². The van der Waals surface area contributed by atoms with E-state index in [0.29, 0.717) is 19.1 Å². The Kier molecular flexibility index (Phi) is 6.42. The number of aliphatic hydroxyl groups is 1. The number of anilines is 1. The molecule has 0 radical (unpaired) electrons. The van der Waals surface area contributed by atoms with Gasteiger partial charge in [0.1, 0.15) is 5.82 Å². The molecule has 2 N–H and O–H groups in total. The predicted molar refractivity (Wildman–Crippen MR) is 82.0 cm³/mol. The lowest BCUT2D eigenvalue weighted by Crippen LogP contribution is -2.35. The number of hydrogen-bond acceptors (Lipinski definition) is 4. The molecule has 0 aliphatic carbocycles. The Hall–Kier alpha value is -1.17. The van der Waals surface area contributed by atoms with E-state index < -0.39 is 0 Å². The Morgan fingerprint density at radius 2 is 2.14 bits per heavy atom. The first-order valence-electron chi connectivity index (χ1n) is 7.58. The molecule has 1 aromatic carbocycles. The van der Waals surface area contributed by atoms with Crippen LogP contribution in [0, 0.1) is 11.7 Å². The number of nitrogens with one attached hydrogen (secondary N) is 1. The second-order valence-electron chi connectivity index (χ2n) is 5.56. The quantitative estimate of drug-likeness (QED) is 0.753. The van der Waals surface area contributed by atoms with Crippen molar-refractivity contribution in [3.05, 3.63) is 29.6 Å². The standard InChI is InChI=1S/C16H25FN2O2/c1-21-9-6-18-11-14-10-15(17)2-3-16(14)19-7-4-13(12-20)5-8-19/h2-3,10,13,18,20H,4-9,11-12H2,1H3. The molecule has 0 amide bonds. The van der Waals surface area contributed by atoms with Crippen LogP contribution in [0.2, 0.25) is 0 Å². The first-order valence-corrected chi connectivity index (χ1v) is 7.58. The highest BCUT2D eigenvalue weighted by molar-refractivity contribution is 5.54. The largest absolute Gasteiger partial charge is 0.396 e. The summed E-state index contributed by atoms with van der Waals surface area (Å²) in [6.07, 6.45) is 1.98. The maximum atomic E-state index is 13.5. The van der Waals surface area contributed by atoms with Gasteiger partial charge < -0.3 is 20.1 Å². The molecule has 0 bridgehead atoms. The lowest BCUT2D eigenvalue weighted by Gasteiger charge is -2.34. The van der Waals surface area contributed by atoms with Crippen molar-refractivity contribution in [3.63, 3.8) is 0 Å². The molecule has 2 rings (SSSR count). The first-order chi connectivity index (χ1) is 10.2. The molecule has 0 atom stereocenters. The van der Waals surface area contributed by atoms with Gasteiger partial charge in [-0.1, -0.05) is 0 Å². The average Bonchev–Trinajstić information content (AvgIpc) is 2.52. The first kappa shape index (κ1) is 16.2. The van der Waals surface area contributed by atoms with Gasteiger partial charge in [-0.3, -0.25) is 0 Å². The van der Waals surface area contributed by atoms with E-state index in [1.807, 2.05) is 6.07 Å². The molecule has 1 saturated heterocycles. The van der Waals surface area contributed by atoms with Gasteiger partial charge in [-0.05, 0) is 42.5 Å². The third kappa shape index (κ3) is 4.66. The highest BCUT2D eigenvalue weighted by Gasteiger charge is 2.20. The summed E-state index contributed by atoms with van der Waals surface area (Å²) in [6, 6.07) is 4.99. The minimum atomic E-state index is -0.201. The second-order valence-corrected chi connectivity index (χ2v) is 5.56. The van der Waals surface area contributed by atoms with Crippen molar-refractivity contribution in [1.29, 1.82) is 0 Å². The lowest BCUT2D eigenvalue weighted by molar-refractivity contribution is 0.199. The highest BCUT2D eigenvalue weighted by Crippen LogP contribution is 2.27. The van der Waals surface area contributed by atoms with Crippen LogP contribution < -0.4 is 10.2 Å². The van der Waals surface area contributed by atoms with Crippen molar-refractivity contribution < 1.29 is 14.2 Å². The van der Waals surface area contributed by atoms with E-state index in [9.17, 15) is 9.50 Å². The number of hydrogen-bond donors (Lipinski definition) is 2. The summed E-state index contributed by atoms with van der Waals surface area (Å²) in [7, 11) is 1.67. The number of rotatable bonds is 7. The third-order valence-electron chi connectivity index (χ3n) is 4.05. The van der Waals surface area contributed by atoms with E-state index in [2.05, 4.69) is 10.2 Å². The number of halogens is 1. The fourth-order valence-corrected chi connectivity index (χ4v) is 2.76. The van der Waals surface area contributed by atoms with Gasteiger partial charge >= 0.3 is 0 Å². The predicted octanol–water partition coefficient (Wildman–Crippen LogP) is 1.77. The van der Waals surface area contributed by atoms with Crippen LogP contribution in [0.5, 0.6) is 0 Å². The van der Waals surface area contributed by atoms with E-state index in [-0.39, 0.29) is 12.4 Å². The van der Waals surface area contributed by atoms with Gasteiger partial charge in [0.15, 0.2) is 0 Å². The topological polar surface area (TPSA) is 44.7 Å². The zero-order valence-electron chi connectivity index (χ0n) is 12.6. The van der Waals surface area contributed by atoms with Crippen molar-refractivity contribution in [3.8, 4) is 0 Å². The molecule has 118 valence electrons. The van der Waals surface area contributed by atoms with E-state index in [1.165, 1.54) is 6.07 Å². The van der Waals surface area contributed by atoms with Crippen LogP contribution >= 0.6 is 0 Å². The van der Waals surface area contributed by atoms with Gasteiger partial charge in [-0.15, -0.1) is 0 Å². The van der Waals surface area contributed by atoms with E-state index in [1.54, 1.807) is 13.2 Å². The summed E-state index contributed by atoms with van der Waals surface area (Å²) in [5.74, 6) is 0.206. The minimum absolute atomic E-state index is 0.201. The van der Waals surface area contributed by atoms with Crippen LogP contribution in [0.15, 0.2) is 18.2 Å². The molecule has 4 nitrogen and oxygen atoms in total. The van der Waals surface area contributed by atoms with Gasteiger partial charge in [0.05, 0.1) is 6.61 Å². The van der Waals surface area contributed by atoms with Crippen LogP contribution in [0.25, 0.3) is 0 Å². The third-order valence-corrected chi connectivity index (χ3v) is 4.05. The van der Waals surface area contributed by atoms with Crippen molar-refractivity contribution in [2.45, 2.75) is 19.4 Å². The summed E-state index contributed by atoms with van der Waals surface area (Å²) in [5.41, 5.74) is 2.08. The van der Waals surface area contributed by atoms with Crippen LogP contribution in [-0.4, -0.2) is 45.1 Å². The number of piperidine rings is 1. The molecule has 21 heavy (non-hydrogen) atoms. The number of benzene rings is 1. The van der Waals surface area contributed by atoms with Gasteiger partial charge in [-0.25, -0.2) is 4.39 Å². The zero-order valence-corrected chi connectivity index (χ0v) is 12.6. The van der Waals surface area contributed by atoms with Crippen LogP contribution in [0.4, 0.5) is 10.1 Å². The van der Waals surface area contributed by atoms with Gasteiger partial charge in [0.25, 0.3) is 0 Å². The van der Waals surface area contributed by atoms with Gasteiger partial charge in [0, 0.05) is 45.6 Å². The molecule has 5 heteroatoms. The molecule has 0 unspecified atom stereocenters. The Bertz CT molecular complexity index is 434. The van der Waals surface area contributed by atoms with Crippen LogP contribution in [0.1, 0.15) is 18.4 Å². The Labute approximate surface area is 125 Å². The minimum Gasteiger partial charge on any atom is -0.396 e. The summed E-state index contributed by atoms with van der Waals surface area (Å²) in [4.78, 5) is 2.29. The van der Waals surface area contributed by atoms with Crippen molar-refractivity contribution >= 4 is 5.69 Å². The number of nitrogens with zero attached hydrogens (tertiary/aromatic N) is 1. The highest BCUT2D eigenvalue weighted by atomic mass is 19.1. The molecule has 1 aliphatic rings. The fraction of sp³-hybridized carbons (Fsp3) is 0.625. The molecule has 1 aromatic rings. The van der Waals surface area contributed by atoms with Crippen LogP contribution in [-0.2, 0) is 11.3 Å². The molecular formula is C16H25FN2O2. The molecule has 0 aromatic heterocycles. The SMILES string of the molecule is COCCNCc1cc(F)ccc1N1CCC(CO)CC1. The second kappa shape index (κ2) is 8.32. The monoisotopic (exact) mass is 296 g/mol. The lowest BCUT2D eigenvalue weighted by atomic mass is 9.97. The summed E-state index contributed by atoms with van der Waals surface area (Å²) in [5, 5.41) is 12.5. The Morgan fingerprint density at radius 3 is 2.81 bits per heavy atom. The molecule has 0 saturated carbocycles. The van der Waals surface area contributed by atoms with Gasteiger partial charge in [-0.2, -0.15) is 0 Å². The number of aliphatic hydroxyl groups excluding tert-OH is 1. The van der Waals surface area contributed by atoms with E-state index in [4.69, 9.17) is 4.74 Å². The number of methoxy groups -OCH3 is 1. The van der Waals surface area contributed by atoms with Crippen molar-refractivity contribution in [2.75, 3.05) is 44.9 Å². The molecule has 1 fully saturated rings. The number of ether oxygens (including phenoxy) is 1. The maximum Gasteiger partial charge on any atom is 0.123 e. The maximum absolute atomic E-state index is 13.5. The van der Waals surface area contributed by atoms with Crippen molar-refractivity contribution in [1.82, 2.24) is 5.32 Å². The fourth-order valence-electron chi connectivity index (χ4n) is 2.76. The van der Waals surface area contributed by atoms with Crippen LogP contribution in [0.3, 0.4) is 0 Å². The van der Waals surface area contributed by atoms with Gasteiger partial charge in [0.2, 0.25) is 0 Å². The normalized spacial score (nSPS) is 16.4. The molecule has 0 spiro atoms. The Morgan fingerprint density at radius 1 is 1.38 bits per heavy atom. The zero-order chi connectivity index (χ0) is 15.1. The van der Waals surface area contributed by atoms with Crippen molar-refractivity contribution in [2.24, 2.45) is 5.92 Å². The summed E-state index contributed by atoms with van der Waals surface area (Å²) in [6.45, 7) is 4.13. The Balaban J connectivity index is 2.01. The molecule has 1 heterocycles. The summed E-state index contributed by atoms with van der Waals surface area (Å²) >= 11 is 0. The smallest absolute Gasteiger partial charge is 0.123 e. The molecular weight excluding hydrogens is 271 g/mol. The average molecular weight is 296 g/mol.